The first-order valence-corrected chi connectivity index (χ1v) is 9.62. The van der Waals surface area contributed by atoms with E-state index in [2.05, 4.69) is 5.32 Å². The Bertz CT molecular complexity index is 786. The molecule has 1 N–H and O–H groups in total. The Morgan fingerprint density at radius 3 is 2.19 bits per heavy atom. The maximum Gasteiger partial charge on any atom is 0.242 e. The molecule has 0 heterocycles. The molecule has 0 bridgehead atoms. The molecule has 27 heavy (non-hydrogen) atoms. The van der Waals surface area contributed by atoms with E-state index in [1.165, 1.54) is 0 Å². The second-order valence-corrected chi connectivity index (χ2v) is 7.24. The Hall–Kier alpha value is -2.04. The van der Waals surface area contributed by atoms with E-state index in [0.29, 0.717) is 28.6 Å². The zero-order valence-corrected chi connectivity index (χ0v) is 17.3. The fourth-order valence-electron chi connectivity index (χ4n) is 2.93. The van der Waals surface area contributed by atoms with Gasteiger partial charge in [0.2, 0.25) is 11.8 Å². The highest BCUT2D eigenvalue weighted by Crippen LogP contribution is 2.26. The Labute approximate surface area is 170 Å². The Morgan fingerprint density at radius 2 is 1.67 bits per heavy atom. The monoisotopic (exact) mass is 406 g/mol. The van der Waals surface area contributed by atoms with E-state index < -0.39 is 6.04 Å². The van der Waals surface area contributed by atoms with Crippen LogP contribution in [0.25, 0.3) is 0 Å². The molecule has 0 unspecified atom stereocenters. The van der Waals surface area contributed by atoms with Gasteiger partial charge in [0.05, 0.1) is 6.42 Å². The van der Waals surface area contributed by atoms with Crippen LogP contribution in [-0.4, -0.2) is 29.8 Å². The Morgan fingerprint density at radius 1 is 1.07 bits per heavy atom. The zero-order chi connectivity index (χ0) is 20.0. The molecule has 0 spiro atoms. The van der Waals surface area contributed by atoms with Crippen molar-refractivity contribution in [1.82, 2.24) is 10.2 Å². The molecule has 2 aromatic rings. The number of carbonyl (C=O) groups excluding carboxylic acids is 2. The molecule has 0 aliphatic heterocycles. The lowest BCUT2D eigenvalue weighted by Crippen LogP contribution is -2.48. The summed E-state index contributed by atoms with van der Waals surface area (Å²) < 4.78 is 0. The predicted octanol–water partition coefficient (Wildman–Crippen LogP) is 4.40. The number of hydrogen-bond acceptors (Lipinski definition) is 2. The van der Waals surface area contributed by atoms with Crippen molar-refractivity contribution in [3.8, 4) is 0 Å². The molecule has 144 valence electrons. The van der Waals surface area contributed by atoms with Crippen molar-refractivity contribution >= 4 is 35.0 Å². The fourth-order valence-corrected chi connectivity index (χ4v) is 3.46. The molecule has 0 aromatic heterocycles. The normalized spacial score (nSPS) is 11.7. The van der Waals surface area contributed by atoms with E-state index in [0.717, 1.165) is 11.1 Å². The lowest BCUT2D eigenvalue weighted by atomic mass is 10.1. The largest absolute Gasteiger partial charge is 0.357 e. The van der Waals surface area contributed by atoms with Crippen molar-refractivity contribution in [3.63, 3.8) is 0 Å². The van der Waals surface area contributed by atoms with Crippen LogP contribution in [0.4, 0.5) is 0 Å². The smallest absolute Gasteiger partial charge is 0.242 e. The summed E-state index contributed by atoms with van der Waals surface area (Å²) in [5, 5.41) is 3.54. The summed E-state index contributed by atoms with van der Waals surface area (Å²) in [5.41, 5.74) is 2.67. The quantitative estimate of drug-likeness (QED) is 0.740. The van der Waals surface area contributed by atoms with Gasteiger partial charge in [0.15, 0.2) is 0 Å². The number of rotatable bonds is 7. The number of hydrogen-bond donors (Lipinski definition) is 1. The molecule has 0 saturated carbocycles. The maximum atomic E-state index is 13.1. The van der Waals surface area contributed by atoms with E-state index in [1.807, 2.05) is 38.1 Å². The number of amides is 2. The summed E-state index contributed by atoms with van der Waals surface area (Å²) in [6, 6.07) is 12.5. The molecule has 0 saturated heterocycles. The van der Waals surface area contributed by atoms with Crippen molar-refractivity contribution in [2.24, 2.45) is 0 Å². The van der Waals surface area contributed by atoms with E-state index in [-0.39, 0.29) is 18.2 Å². The van der Waals surface area contributed by atoms with Crippen LogP contribution >= 0.6 is 23.2 Å². The lowest BCUT2D eigenvalue weighted by molar-refractivity contribution is -0.140. The van der Waals surface area contributed by atoms with Crippen LogP contribution in [0.3, 0.4) is 0 Å². The first-order chi connectivity index (χ1) is 12.9. The van der Waals surface area contributed by atoms with E-state index in [4.69, 9.17) is 23.2 Å². The van der Waals surface area contributed by atoms with Gasteiger partial charge >= 0.3 is 0 Å². The molecule has 0 radical (unpaired) electrons. The lowest BCUT2D eigenvalue weighted by Gasteiger charge is -2.30. The van der Waals surface area contributed by atoms with Gasteiger partial charge in [-0.1, -0.05) is 66.0 Å². The molecule has 2 rings (SSSR count). The van der Waals surface area contributed by atoms with Gasteiger partial charge in [0, 0.05) is 23.6 Å². The number of likely N-dealkylation sites (N-methyl/N-ethyl adjacent to an activating group) is 1. The molecular formula is C21H24Cl2N2O2. The van der Waals surface area contributed by atoms with Crippen molar-refractivity contribution < 1.29 is 9.59 Å². The number of nitrogens with one attached hydrogen (secondary N) is 1. The molecule has 0 aliphatic rings. The zero-order valence-electron chi connectivity index (χ0n) is 15.8. The van der Waals surface area contributed by atoms with Crippen molar-refractivity contribution in [1.29, 1.82) is 0 Å². The number of halogens is 2. The number of aryl methyl sites for hydroxylation is 1. The minimum absolute atomic E-state index is 0.0395. The van der Waals surface area contributed by atoms with Gasteiger partial charge in [-0.05, 0) is 36.6 Å². The van der Waals surface area contributed by atoms with E-state index >= 15 is 0 Å². The summed E-state index contributed by atoms with van der Waals surface area (Å²) in [4.78, 5) is 27.1. The number of benzene rings is 2. The van der Waals surface area contributed by atoms with Crippen LogP contribution in [0.1, 0.15) is 30.0 Å². The fraction of sp³-hybridized carbons (Fsp3) is 0.333. The average Bonchev–Trinajstić information content (AvgIpc) is 2.65. The van der Waals surface area contributed by atoms with Crippen LogP contribution in [0.5, 0.6) is 0 Å². The summed E-state index contributed by atoms with van der Waals surface area (Å²) in [6.07, 6.45) is 0.547. The molecule has 0 fully saturated rings. The predicted molar refractivity (Wildman–Crippen MR) is 110 cm³/mol. The third kappa shape index (κ3) is 5.47. The van der Waals surface area contributed by atoms with E-state index in [1.54, 1.807) is 30.1 Å². The average molecular weight is 407 g/mol. The standard InChI is InChI=1S/C21H24Cl2N2O2/c1-4-19(21(27)24-3)25(13-15-10-8-14(2)9-11-15)20(26)12-16-17(22)6-5-7-18(16)23/h5-11,19H,4,12-13H2,1-3H3,(H,24,27)/t19-/m1/s1. The molecule has 4 nitrogen and oxygen atoms in total. The summed E-state index contributed by atoms with van der Waals surface area (Å²) >= 11 is 12.4. The second-order valence-electron chi connectivity index (χ2n) is 6.42. The summed E-state index contributed by atoms with van der Waals surface area (Å²) in [5.74, 6) is -0.385. The molecule has 2 aromatic carbocycles. The van der Waals surface area contributed by atoms with Gasteiger partial charge in [0.1, 0.15) is 6.04 Å². The highest BCUT2D eigenvalue weighted by molar-refractivity contribution is 6.36. The third-order valence-electron chi connectivity index (χ3n) is 4.50. The maximum absolute atomic E-state index is 13.1. The topological polar surface area (TPSA) is 49.4 Å². The van der Waals surface area contributed by atoms with Crippen LogP contribution in [0.15, 0.2) is 42.5 Å². The third-order valence-corrected chi connectivity index (χ3v) is 5.20. The highest BCUT2D eigenvalue weighted by atomic mass is 35.5. The summed E-state index contributed by atoms with van der Waals surface area (Å²) in [6.45, 7) is 4.23. The second kappa shape index (κ2) is 9.77. The van der Waals surface area contributed by atoms with Crippen molar-refractivity contribution in [2.45, 2.75) is 39.3 Å². The van der Waals surface area contributed by atoms with Crippen LogP contribution in [0, 0.1) is 6.92 Å². The van der Waals surface area contributed by atoms with Gasteiger partial charge in [-0.15, -0.1) is 0 Å². The first kappa shape index (κ1) is 21.3. The van der Waals surface area contributed by atoms with Gasteiger partial charge < -0.3 is 10.2 Å². The highest BCUT2D eigenvalue weighted by Gasteiger charge is 2.28. The molecule has 1 atom stereocenters. The number of nitrogens with zero attached hydrogens (tertiary/aromatic N) is 1. The SMILES string of the molecule is CC[C@H](C(=O)NC)N(Cc1ccc(C)cc1)C(=O)Cc1c(Cl)cccc1Cl. The Kier molecular flexibility index (Phi) is 7.69. The van der Waals surface area contributed by atoms with Gasteiger partial charge in [-0.3, -0.25) is 9.59 Å². The minimum atomic E-state index is -0.565. The van der Waals surface area contributed by atoms with Crippen molar-refractivity contribution in [2.75, 3.05) is 7.05 Å². The van der Waals surface area contributed by atoms with Crippen LogP contribution < -0.4 is 5.32 Å². The van der Waals surface area contributed by atoms with E-state index in [9.17, 15) is 9.59 Å². The van der Waals surface area contributed by atoms with Crippen LogP contribution in [-0.2, 0) is 22.6 Å². The number of carbonyl (C=O) groups is 2. The molecular weight excluding hydrogens is 383 g/mol. The van der Waals surface area contributed by atoms with Gasteiger partial charge in [0.25, 0.3) is 0 Å². The van der Waals surface area contributed by atoms with Crippen LogP contribution in [0.2, 0.25) is 10.0 Å². The summed E-state index contributed by atoms with van der Waals surface area (Å²) in [7, 11) is 1.57. The minimum Gasteiger partial charge on any atom is -0.357 e. The van der Waals surface area contributed by atoms with Crippen molar-refractivity contribution in [3.05, 3.63) is 69.2 Å². The molecule has 6 heteroatoms. The Balaban J connectivity index is 2.33. The van der Waals surface area contributed by atoms with Gasteiger partial charge in [-0.2, -0.15) is 0 Å². The molecule has 2 amide bonds. The first-order valence-electron chi connectivity index (χ1n) is 8.86. The molecule has 0 aliphatic carbocycles. The van der Waals surface area contributed by atoms with Gasteiger partial charge in [-0.25, -0.2) is 0 Å².